The predicted molar refractivity (Wildman–Crippen MR) is 74.8 cm³/mol. The van der Waals surface area contributed by atoms with E-state index < -0.39 is 0 Å². The van der Waals surface area contributed by atoms with Crippen LogP contribution >= 0.6 is 0 Å². The minimum atomic E-state index is 0.0507. The van der Waals surface area contributed by atoms with E-state index in [9.17, 15) is 0 Å². The van der Waals surface area contributed by atoms with Gasteiger partial charge in [-0.05, 0) is 18.1 Å². The molecule has 0 aliphatic carbocycles. The molecule has 1 aromatic heterocycles. The quantitative estimate of drug-likeness (QED) is 0.881. The van der Waals surface area contributed by atoms with Crippen molar-refractivity contribution in [3.05, 3.63) is 30.1 Å². The minimum absolute atomic E-state index is 0.0507. The van der Waals surface area contributed by atoms with Gasteiger partial charge in [0.15, 0.2) is 5.96 Å². The zero-order valence-corrected chi connectivity index (χ0v) is 11.5. The van der Waals surface area contributed by atoms with Gasteiger partial charge >= 0.3 is 0 Å². The number of nitrogens with zero attached hydrogens (tertiary/aromatic N) is 3. The second-order valence-electron chi connectivity index (χ2n) is 5.46. The van der Waals surface area contributed by atoms with Crippen molar-refractivity contribution in [1.82, 2.24) is 15.2 Å². The topological polar surface area (TPSA) is 40.5 Å². The van der Waals surface area contributed by atoms with Crippen molar-refractivity contribution in [1.29, 1.82) is 0 Å². The van der Waals surface area contributed by atoms with Crippen LogP contribution in [0.5, 0.6) is 0 Å². The van der Waals surface area contributed by atoms with Crippen LogP contribution in [0.25, 0.3) is 0 Å². The number of hydrogen-bond acceptors (Lipinski definition) is 4. The van der Waals surface area contributed by atoms with Gasteiger partial charge < -0.3 is 10.2 Å². The number of pyridine rings is 1. The molecule has 0 amide bonds. The molecule has 0 radical (unpaired) electrons. The van der Waals surface area contributed by atoms with Gasteiger partial charge in [0.05, 0.1) is 0 Å². The fourth-order valence-corrected chi connectivity index (χ4v) is 2.08. The van der Waals surface area contributed by atoms with E-state index in [1.165, 1.54) is 5.56 Å². The van der Waals surface area contributed by atoms with Crippen molar-refractivity contribution in [2.75, 3.05) is 26.7 Å². The lowest BCUT2D eigenvalue weighted by atomic mass is 9.86. The summed E-state index contributed by atoms with van der Waals surface area (Å²) in [5.41, 5.74) is 1.30. The first-order chi connectivity index (χ1) is 8.59. The highest BCUT2D eigenvalue weighted by atomic mass is 15.3. The Bertz CT molecular complexity index is 411. The Morgan fingerprint density at radius 2 is 2.28 bits per heavy atom. The summed E-state index contributed by atoms with van der Waals surface area (Å²) in [6, 6.07) is 4.11. The smallest absolute Gasteiger partial charge is 0.193 e. The molecule has 98 valence electrons. The molecule has 18 heavy (non-hydrogen) atoms. The summed E-state index contributed by atoms with van der Waals surface area (Å²) < 4.78 is 0. The first kappa shape index (κ1) is 12.9. The van der Waals surface area contributed by atoms with E-state index in [-0.39, 0.29) is 5.41 Å². The Balaban J connectivity index is 1.99. The fourth-order valence-electron chi connectivity index (χ4n) is 2.08. The van der Waals surface area contributed by atoms with E-state index in [1.54, 1.807) is 0 Å². The Hall–Kier alpha value is -1.58. The number of aliphatic imine (C=N–C) groups is 1. The first-order valence-corrected chi connectivity index (χ1v) is 6.49. The van der Waals surface area contributed by atoms with Gasteiger partial charge in [0.1, 0.15) is 0 Å². The molecule has 1 aromatic rings. The minimum Gasteiger partial charge on any atom is -0.355 e. The highest BCUT2D eigenvalue weighted by Crippen LogP contribution is 2.21. The van der Waals surface area contributed by atoms with Gasteiger partial charge in [-0.2, -0.15) is 0 Å². The maximum absolute atomic E-state index is 4.52. The van der Waals surface area contributed by atoms with Crippen LogP contribution in [0.3, 0.4) is 0 Å². The molecule has 2 rings (SSSR count). The van der Waals surface area contributed by atoms with Crippen LogP contribution in [0.15, 0.2) is 29.5 Å². The molecule has 0 bridgehead atoms. The lowest BCUT2D eigenvalue weighted by Gasteiger charge is -2.30. The summed E-state index contributed by atoms with van der Waals surface area (Å²) in [5.74, 6) is 1.01. The molecule has 0 fully saturated rings. The third kappa shape index (κ3) is 3.00. The molecule has 1 N–H and O–H groups in total. The Kier molecular flexibility index (Phi) is 3.84. The van der Waals surface area contributed by atoms with Crippen molar-refractivity contribution in [3.63, 3.8) is 0 Å². The molecule has 1 aliphatic rings. The molecule has 4 nitrogen and oxygen atoms in total. The molecule has 0 spiro atoms. The Morgan fingerprint density at radius 1 is 1.44 bits per heavy atom. The summed E-state index contributed by atoms with van der Waals surface area (Å²) in [5, 5.41) is 3.46. The maximum Gasteiger partial charge on any atom is 0.193 e. The van der Waals surface area contributed by atoms with E-state index in [1.807, 2.05) is 18.5 Å². The van der Waals surface area contributed by atoms with Crippen molar-refractivity contribution in [2.45, 2.75) is 25.7 Å². The molecule has 0 atom stereocenters. The summed E-state index contributed by atoms with van der Waals surface area (Å²) in [7, 11) is 2.09. The van der Waals surface area contributed by atoms with Crippen LogP contribution in [-0.4, -0.2) is 42.5 Å². The summed E-state index contributed by atoms with van der Waals surface area (Å²) in [6.07, 6.45) is 4.90. The zero-order valence-electron chi connectivity index (χ0n) is 11.5. The zero-order chi connectivity index (χ0) is 13.0. The number of hydrogen-bond donors (Lipinski definition) is 1. The third-order valence-corrected chi connectivity index (χ3v) is 3.41. The van der Waals surface area contributed by atoms with Gasteiger partial charge in [0.2, 0.25) is 0 Å². The third-order valence-electron chi connectivity index (χ3n) is 3.41. The molecule has 0 unspecified atom stereocenters. The van der Waals surface area contributed by atoms with Gasteiger partial charge in [-0.15, -0.1) is 0 Å². The van der Waals surface area contributed by atoms with Crippen LogP contribution in [-0.2, 0) is 5.41 Å². The van der Waals surface area contributed by atoms with E-state index in [0.717, 1.165) is 32.0 Å². The molecule has 0 saturated heterocycles. The fraction of sp³-hybridized carbons (Fsp3) is 0.571. The van der Waals surface area contributed by atoms with Crippen molar-refractivity contribution < 1.29 is 0 Å². The number of rotatable bonds is 3. The Labute approximate surface area is 109 Å². The highest BCUT2D eigenvalue weighted by Gasteiger charge is 2.22. The van der Waals surface area contributed by atoms with E-state index in [4.69, 9.17) is 0 Å². The molecule has 2 heterocycles. The van der Waals surface area contributed by atoms with Gasteiger partial charge in [-0.25, -0.2) is 0 Å². The van der Waals surface area contributed by atoms with E-state index in [2.05, 4.69) is 47.2 Å². The van der Waals surface area contributed by atoms with Gasteiger partial charge in [-0.3, -0.25) is 9.98 Å². The second kappa shape index (κ2) is 5.38. The molecular weight excluding hydrogens is 224 g/mol. The van der Waals surface area contributed by atoms with Crippen molar-refractivity contribution in [3.8, 4) is 0 Å². The molecule has 0 aromatic carbocycles. The van der Waals surface area contributed by atoms with Crippen molar-refractivity contribution >= 4 is 5.96 Å². The predicted octanol–water partition coefficient (Wildman–Crippen LogP) is 1.64. The Morgan fingerprint density at radius 3 is 2.94 bits per heavy atom. The maximum atomic E-state index is 4.52. The van der Waals surface area contributed by atoms with Gasteiger partial charge in [0, 0.05) is 44.5 Å². The van der Waals surface area contributed by atoms with Crippen molar-refractivity contribution in [2.24, 2.45) is 4.99 Å². The SMILES string of the molecule is CN1CCCN=C1NCC(C)(C)c1cccnc1. The summed E-state index contributed by atoms with van der Waals surface area (Å²) >= 11 is 0. The largest absolute Gasteiger partial charge is 0.355 e. The van der Waals surface area contributed by atoms with Gasteiger partial charge in [0.25, 0.3) is 0 Å². The second-order valence-corrected chi connectivity index (χ2v) is 5.46. The lowest BCUT2D eigenvalue weighted by molar-refractivity contribution is 0.427. The molecule has 1 aliphatic heterocycles. The summed E-state index contributed by atoms with van der Waals surface area (Å²) in [6.45, 7) is 7.32. The van der Waals surface area contributed by atoms with Gasteiger partial charge in [-0.1, -0.05) is 19.9 Å². The lowest BCUT2D eigenvalue weighted by Crippen LogP contribution is -2.46. The first-order valence-electron chi connectivity index (χ1n) is 6.49. The highest BCUT2D eigenvalue weighted by molar-refractivity contribution is 5.80. The number of aromatic nitrogens is 1. The molecular formula is C14H22N4. The van der Waals surface area contributed by atoms with Crippen LogP contribution in [0.1, 0.15) is 25.8 Å². The van der Waals surface area contributed by atoms with Crippen LogP contribution in [0.2, 0.25) is 0 Å². The standard InChI is InChI=1S/C14H22N4/c1-14(2,12-6-4-7-15-10-12)11-17-13-16-8-5-9-18(13)3/h4,6-7,10H,5,8-9,11H2,1-3H3,(H,16,17). The number of guanidine groups is 1. The van der Waals surface area contributed by atoms with Crippen LogP contribution in [0.4, 0.5) is 0 Å². The van der Waals surface area contributed by atoms with Crippen LogP contribution in [0, 0.1) is 0 Å². The average molecular weight is 246 g/mol. The average Bonchev–Trinajstić information content (AvgIpc) is 2.39. The normalized spacial score (nSPS) is 16.4. The molecule has 0 saturated carbocycles. The monoisotopic (exact) mass is 246 g/mol. The number of nitrogens with one attached hydrogen (secondary N) is 1. The van der Waals surface area contributed by atoms with E-state index in [0.29, 0.717) is 0 Å². The van der Waals surface area contributed by atoms with Crippen LogP contribution < -0.4 is 5.32 Å². The summed E-state index contributed by atoms with van der Waals surface area (Å²) in [4.78, 5) is 10.9. The van der Waals surface area contributed by atoms with E-state index >= 15 is 0 Å². The molecule has 4 heteroatoms.